The number of hydrogen-bond acceptors (Lipinski definition) is 6. The average Bonchev–Trinajstić information content (AvgIpc) is 2.83. The molecule has 1 aromatic heterocycles. The van der Waals surface area contributed by atoms with Gasteiger partial charge in [0.25, 0.3) is 0 Å². The number of methoxy groups -OCH3 is 1. The molecule has 0 saturated carbocycles. The summed E-state index contributed by atoms with van der Waals surface area (Å²) in [6, 6.07) is 2.06. The Bertz CT molecular complexity index is 490. The van der Waals surface area contributed by atoms with E-state index in [4.69, 9.17) is 4.74 Å². The summed E-state index contributed by atoms with van der Waals surface area (Å²) in [7, 11) is 1.53. The number of rotatable bonds is 4. The van der Waals surface area contributed by atoms with Gasteiger partial charge in [-0.3, -0.25) is 0 Å². The fourth-order valence-electron chi connectivity index (χ4n) is 2.14. The van der Waals surface area contributed by atoms with Gasteiger partial charge >= 0.3 is 11.8 Å². The minimum atomic E-state index is -0.946. The second-order valence-electron chi connectivity index (χ2n) is 4.23. The van der Waals surface area contributed by atoms with Gasteiger partial charge in [-0.1, -0.05) is 0 Å². The highest BCUT2D eigenvalue weighted by Gasteiger charge is 2.37. The van der Waals surface area contributed by atoms with E-state index in [-0.39, 0.29) is 11.9 Å². The molecule has 2 atom stereocenters. The van der Waals surface area contributed by atoms with Gasteiger partial charge in [0.05, 0.1) is 11.8 Å². The first-order valence-electron chi connectivity index (χ1n) is 5.65. The molecule has 8 heteroatoms. The molecule has 0 amide bonds. The number of anilines is 1. The second kappa shape index (κ2) is 5.19. The number of carbonyl (C=O) groups is 1. The zero-order valence-corrected chi connectivity index (χ0v) is 10.2. The standard InChI is InChI=1S/C11H13N3O5/c1-19-8-4-9(11(15)16)13(6-8)7-2-3-10(12-5-7)14(17)18/h2-3,5,8-9H,4,6H2,1H3,(H,15,16). The molecule has 1 fully saturated rings. The topological polar surface area (TPSA) is 106 Å². The largest absolute Gasteiger partial charge is 0.480 e. The van der Waals surface area contributed by atoms with Crippen LogP contribution in [0.1, 0.15) is 6.42 Å². The molecule has 2 heterocycles. The Kier molecular flexibility index (Phi) is 3.61. The smallest absolute Gasteiger partial charge is 0.363 e. The molecule has 0 aromatic carbocycles. The predicted molar refractivity (Wildman–Crippen MR) is 65.1 cm³/mol. The second-order valence-corrected chi connectivity index (χ2v) is 4.23. The number of hydrogen-bond donors (Lipinski definition) is 1. The van der Waals surface area contributed by atoms with Crippen LogP contribution in [0.15, 0.2) is 18.3 Å². The molecule has 1 aliphatic heterocycles. The van der Waals surface area contributed by atoms with Crippen molar-refractivity contribution in [2.45, 2.75) is 18.6 Å². The molecular formula is C11H13N3O5. The maximum atomic E-state index is 11.2. The van der Waals surface area contributed by atoms with Crippen LogP contribution in [0, 0.1) is 10.1 Å². The number of aromatic nitrogens is 1. The summed E-state index contributed by atoms with van der Waals surface area (Å²) in [6.07, 6.45) is 1.52. The number of carboxylic acids is 1. The van der Waals surface area contributed by atoms with Gasteiger partial charge in [0.2, 0.25) is 0 Å². The van der Waals surface area contributed by atoms with Crippen molar-refractivity contribution in [1.82, 2.24) is 4.98 Å². The molecular weight excluding hydrogens is 254 g/mol. The lowest BCUT2D eigenvalue weighted by molar-refractivity contribution is -0.389. The lowest BCUT2D eigenvalue weighted by Crippen LogP contribution is -2.36. The van der Waals surface area contributed by atoms with E-state index >= 15 is 0 Å². The van der Waals surface area contributed by atoms with E-state index in [1.807, 2.05) is 0 Å². The van der Waals surface area contributed by atoms with Crippen molar-refractivity contribution in [3.8, 4) is 0 Å². The van der Waals surface area contributed by atoms with Crippen LogP contribution in [-0.2, 0) is 9.53 Å². The SMILES string of the molecule is COC1CC(C(=O)O)N(c2ccc([N+](=O)[O-])nc2)C1. The summed E-state index contributed by atoms with van der Waals surface area (Å²) in [6.45, 7) is 0.424. The van der Waals surface area contributed by atoms with Gasteiger partial charge in [0.1, 0.15) is 6.04 Å². The minimum Gasteiger partial charge on any atom is -0.480 e. The van der Waals surface area contributed by atoms with Crippen LogP contribution in [0.4, 0.5) is 11.5 Å². The molecule has 2 unspecified atom stereocenters. The van der Waals surface area contributed by atoms with Crippen molar-refractivity contribution in [3.05, 3.63) is 28.4 Å². The van der Waals surface area contributed by atoms with Crippen molar-refractivity contribution in [2.75, 3.05) is 18.6 Å². The Morgan fingerprint density at radius 3 is 2.84 bits per heavy atom. The Morgan fingerprint density at radius 1 is 1.63 bits per heavy atom. The molecule has 1 aromatic rings. The van der Waals surface area contributed by atoms with E-state index < -0.39 is 16.9 Å². The van der Waals surface area contributed by atoms with Gasteiger partial charge in [-0.05, 0) is 16.0 Å². The molecule has 1 aliphatic rings. The van der Waals surface area contributed by atoms with E-state index in [9.17, 15) is 20.0 Å². The third-order valence-corrected chi connectivity index (χ3v) is 3.13. The third kappa shape index (κ3) is 2.63. The van der Waals surface area contributed by atoms with Gasteiger partial charge in [-0.25, -0.2) is 4.79 Å². The van der Waals surface area contributed by atoms with Crippen molar-refractivity contribution in [3.63, 3.8) is 0 Å². The van der Waals surface area contributed by atoms with Crippen LogP contribution in [0.3, 0.4) is 0 Å². The first kappa shape index (κ1) is 13.2. The van der Waals surface area contributed by atoms with Crippen LogP contribution >= 0.6 is 0 Å². The first-order chi connectivity index (χ1) is 9.02. The summed E-state index contributed by atoms with van der Waals surface area (Å²) in [5, 5.41) is 19.7. The number of ether oxygens (including phenoxy) is 1. The molecule has 19 heavy (non-hydrogen) atoms. The van der Waals surface area contributed by atoms with E-state index in [0.717, 1.165) is 0 Å². The molecule has 0 radical (unpaired) electrons. The van der Waals surface area contributed by atoms with Crippen molar-refractivity contribution < 1.29 is 19.6 Å². The lowest BCUT2D eigenvalue weighted by atomic mass is 10.2. The normalized spacial score (nSPS) is 22.5. The number of carboxylic acid groups (broad SMARTS) is 1. The average molecular weight is 267 g/mol. The highest BCUT2D eigenvalue weighted by atomic mass is 16.6. The summed E-state index contributed by atoms with van der Waals surface area (Å²) in [5.41, 5.74) is 0.539. The number of pyridine rings is 1. The lowest BCUT2D eigenvalue weighted by Gasteiger charge is -2.21. The molecule has 0 bridgehead atoms. The van der Waals surface area contributed by atoms with Gasteiger partial charge < -0.3 is 24.9 Å². The molecule has 8 nitrogen and oxygen atoms in total. The Morgan fingerprint density at radius 2 is 2.37 bits per heavy atom. The third-order valence-electron chi connectivity index (χ3n) is 3.13. The zero-order valence-electron chi connectivity index (χ0n) is 10.2. The summed E-state index contributed by atoms with van der Waals surface area (Å²) in [5.74, 6) is -1.21. The molecule has 1 saturated heterocycles. The van der Waals surface area contributed by atoms with E-state index in [1.54, 1.807) is 4.90 Å². The fourth-order valence-corrected chi connectivity index (χ4v) is 2.14. The first-order valence-corrected chi connectivity index (χ1v) is 5.65. The van der Waals surface area contributed by atoms with E-state index in [1.165, 1.54) is 25.4 Å². The molecule has 1 N–H and O–H groups in total. The maximum Gasteiger partial charge on any atom is 0.363 e. The minimum absolute atomic E-state index is 0.170. The van der Waals surface area contributed by atoms with Crippen LogP contribution in [-0.4, -0.2) is 46.8 Å². The maximum absolute atomic E-state index is 11.2. The van der Waals surface area contributed by atoms with Gasteiger partial charge in [0.15, 0.2) is 6.20 Å². The van der Waals surface area contributed by atoms with Crippen LogP contribution in [0.5, 0.6) is 0 Å². The van der Waals surface area contributed by atoms with Gasteiger partial charge in [-0.2, -0.15) is 0 Å². The van der Waals surface area contributed by atoms with Crippen molar-refractivity contribution in [1.29, 1.82) is 0 Å². The fraction of sp³-hybridized carbons (Fsp3) is 0.455. The number of nitro groups is 1. The molecule has 102 valence electrons. The molecule has 0 spiro atoms. The Balaban J connectivity index is 2.23. The molecule has 2 rings (SSSR count). The summed E-state index contributed by atoms with van der Waals surface area (Å²) < 4.78 is 5.17. The Labute approximate surface area is 108 Å². The predicted octanol–water partition coefficient (Wildman–Crippen LogP) is 0.668. The number of nitrogens with zero attached hydrogens (tertiary/aromatic N) is 3. The Hall–Kier alpha value is -2.22. The zero-order chi connectivity index (χ0) is 14.0. The van der Waals surface area contributed by atoms with Crippen LogP contribution in [0.2, 0.25) is 0 Å². The van der Waals surface area contributed by atoms with Crippen molar-refractivity contribution in [2.24, 2.45) is 0 Å². The highest BCUT2D eigenvalue weighted by molar-refractivity contribution is 5.79. The molecule has 0 aliphatic carbocycles. The van der Waals surface area contributed by atoms with Gasteiger partial charge in [-0.15, -0.1) is 0 Å². The van der Waals surface area contributed by atoms with Crippen LogP contribution < -0.4 is 4.90 Å². The monoisotopic (exact) mass is 267 g/mol. The van der Waals surface area contributed by atoms with E-state index in [0.29, 0.717) is 18.7 Å². The van der Waals surface area contributed by atoms with Crippen LogP contribution in [0.25, 0.3) is 0 Å². The van der Waals surface area contributed by atoms with Crippen molar-refractivity contribution >= 4 is 17.5 Å². The highest BCUT2D eigenvalue weighted by Crippen LogP contribution is 2.27. The number of aliphatic carboxylic acids is 1. The van der Waals surface area contributed by atoms with Gasteiger partial charge in [0, 0.05) is 26.1 Å². The summed E-state index contributed by atoms with van der Waals surface area (Å²) in [4.78, 5) is 26.4. The quantitative estimate of drug-likeness (QED) is 0.631. The summed E-state index contributed by atoms with van der Waals surface area (Å²) >= 11 is 0. The van der Waals surface area contributed by atoms with E-state index in [2.05, 4.69) is 4.98 Å².